The highest BCUT2D eigenvalue weighted by molar-refractivity contribution is 5.92. The van der Waals surface area contributed by atoms with Gasteiger partial charge in [0.1, 0.15) is 17.7 Å². The summed E-state index contributed by atoms with van der Waals surface area (Å²) >= 11 is 0. The number of ether oxygens (including phenoxy) is 1. The molecular formula is C39H63N5O7. The van der Waals surface area contributed by atoms with Crippen LogP contribution in [0, 0.1) is 11.8 Å². The van der Waals surface area contributed by atoms with Gasteiger partial charge in [0.25, 0.3) is 0 Å². The molecule has 5 atom stereocenters. The fourth-order valence-corrected chi connectivity index (χ4v) is 6.09. The van der Waals surface area contributed by atoms with Gasteiger partial charge < -0.3 is 41.5 Å². The Hall–Kier alpha value is -3.74. The fourth-order valence-electron chi connectivity index (χ4n) is 6.09. The maximum absolute atomic E-state index is 14.3. The molecule has 12 heteroatoms. The van der Waals surface area contributed by atoms with Gasteiger partial charge in [0.2, 0.25) is 17.7 Å². The Morgan fingerprint density at radius 2 is 1.55 bits per heavy atom. The summed E-state index contributed by atoms with van der Waals surface area (Å²) in [4.78, 5) is 55.7. The smallest absolute Gasteiger partial charge is 0.408 e. The molecule has 4 amide bonds. The van der Waals surface area contributed by atoms with E-state index in [4.69, 9.17) is 10.5 Å². The van der Waals surface area contributed by atoms with Crippen LogP contribution in [0.5, 0.6) is 0 Å². The van der Waals surface area contributed by atoms with E-state index in [1.54, 1.807) is 27.8 Å². The fraction of sp³-hybridized carbons (Fsp3) is 0.641. The molecule has 0 heterocycles. The lowest BCUT2D eigenvalue weighted by Gasteiger charge is -2.34. The van der Waals surface area contributed by atoms with Gasteiger partial charge in [-0.15, -0.1) is 0 Å². The first-order chi connectivity index (χ1) is 23.9. The highest BCUT2D eigenvalue weighted by atomic mass is 16.6. The molecule has 7 N–H and O–H groups in total. The predicted octanol–water partition coefficient (Wildman–Crippen LogP) is 4.04. The number of carbonyl (C=O) groups is 4. The quantitative estimate of drug-likeness (QED) is 0.111. The van der Waals surface area contributed by atoms with Crippen LogP contribution < -0.4 is 21.7 Å². The summed E-state index contributed by atoms with van der Waals surface area (Å²) in [7, 11) is 1.54. The van der Waals surface area contributed by atoms with E-state index in [0.29, 0.717) is 25.8 Å². The van der Waals surface area contributed by atoms with E-state index in [0.717, 1.165) is 29.2 Å². The number of hydrogen-bond acceptors (Lipinski definition) is 8. The molecule has 0 aliphatic carbocycles. The molecule has 51 heavy (non-hydrogen) atoms. The molecule has 0 spiro atoms. The second-order valence-corrected chi connectivity index (χ2v) is 15.4. The van der Waals surface area contributed by atoms with Crippen molar-refractivity contribution in [1.82, 2.24) is 20.9 Å². The number of unbranched alkanes of at least 4 members (excludes halogenated alkanes) is 1. The molecule has 0 aromatic heterocycles. The van der Waals surface area contributed by atoms with Crippen LogP contribution in [0.3, 0.4) is 0 Å². The molecule has 0 saturated heterocycles. The number of aliphatic hydroxyl groups is 2. The van der Waals surface area contributed by atoms with Crippen LogP contribution in [-0.4, -0.2) is 95.0 Å². The van der Waals surface area contributed by atoms with Gasteiger partial charge in [-0.3, -0.25) is 14.4 Å². The second-order valence-electron chi connectivity index (χ2n) is 15.4. The molecule has 0 radical (unpaired) electrons. The third-order valence-electron chi connectivity index (χ3n) is 8.61. The number of nitrogens with one attached hydrogen (secondary N) is 3. The zero-order chi connectivity index (χ0) is 38.3. The molecule has 286 valence electrons. The number of benzene rings is 2. The minimum absolute atomic E-state index is 0.0141. The van der Waals surface area contributed by atoms with Crippen LogP contribution in [0.1, 0.15) is 92.6 Å². The number of carbonyl (C=O) groups excluding carboxylic acids is 4. The first-order valence-corrected chi connectivity index (χ1v) is 18.3. The van der Waals surface area contributed by atoms with E-state index >= 15 is 0 Å². The minimum Gasteiger partial charge on any atom is -0.444 e. The van der Waals surface area contributed by atoms with Crippen molar-refractivity contribution in [2.24, 2.45) is 17.6 Å². The first-order valence-electron chi connectivity index (χ1n) is 18.3. The van der Waals surface area contributed by atoms with Gasteiger partial charge in [-0.25, -0.2) is 4.79 Å². The summed E-state index contributed by atoms with van der Waals surface area (Å²) in [6.07, 6.45) is 0.691. The molecule has 2 aromatic carbocycles. The number of nitrogens with two attached hydrogens (primary N) is 1. The summed E-state index contributed by atoms with van der Waals surface area (Å²) in [6, 6.07) is 10.4. The van der Waals surface area contributed by atoms with Crippen LogP contribution in [-0.2, 0) is 25.5 Å². The Bertz CT molecular complexity index is 1400. The van der Waals surface area contributed by atoms with Gasteiger partial charge in [-0.05, 0) is 81.2 Å². The number of nitrogens with zero attached hydrogens (tertiary/aromatic N) is 1. The van der Waals surface area contributed by atoms with Crippen molar-refractivity contribution >= 4 is 34.6 Å². The number of alkyl carbamates (subject to hydrolysis) is 1. The normalized spacial score (nSPS) is 14.8. The topological polar surface area (TPSA) is 183 Å². The Kier molecular flexibility index (Phi) is 17.8. The monoisotopic (exact) mass is 713 g/mol. The van der Waals surface area contributed by atoms with Gasteiger partial charge in [0.15, 0.2) is 0 Å². The lowest BCUT2D eigenvalue weighted by molar-refractivity contribution is -0.141. The van der Waals surface area contributed by atoms with Crippen molar-refractivity contribution in [2.45, 2.75) is 129 Å². The van der Waals surface area contributed by atoms with Gasteiger partial charge in [0, 0.05) is 13.5 Å². The summed E-state index contributed by atoms with van der Waals surface area (Å²) in [5, 5.41) is 31.4. The van der Waals surface area contributed by atoms with E-state index in [9.17, 15) is 29.4 Å². The van der Waals surface area contributed by atoms with Crippen molar-refractivity contribution in [3.8, 4) is 0 Å². The predicted molar refractivity (Wildman–Crippen MR) is 201 cm³/mol. The lowest BCUT2D eigenvalue weighted by Crippen LogP contribution is -2.58. The number of fused-ring (bicyclic) bond motifs is 1. The SMILES string of the molecule is CC(C)C[C@H](NC(=O)[C@H](CC(C)C)N(C)C(=O)[C@H](Cc1cccc2ccccc12)NC(=O)OC(C)(C)C)[C@@H](O)CC(=O)N[C@H](CO)CCCCN. The summed E-state index contributed by atoms with van der Waals surface area (Å²) in [6.45, 7) is 13.3. The number of aliphatic hydroxyl groups excluding tert-OH is 2. The largest absolute Gasteiger partial charge is 0.444 e. The van der Waals surface area contributed by atoms with Gasteiger partial charge >= 0.3 is 6.09 Å². The number of rotatable bonds is 20. The average Bonchev–Trinajstić information content (AvgIpc) is 3.04. The first kappa shape index (κ1) is 43.4. The summed E-state index contributed by atoms with van der Waals surface area (Å²) in [5.41, 5.74) is 5.61. The van der Waals surface area contributed by atoms with E-state index in [1.807, 2.05) is 70.2 Å². The molecule has 0 unspecified atom stereocenters. The van der Waals surface area contributed by atoms with Crippen LogP contribution in [0.2, 0.25) is 0 Å². The van der Waals surface area contributed by atoms with Crippen LogP contribution in [0.4, 0.5) is 4.79 Å². The van der Waals surface area contributed by atoms with Gasteiger partial charge in [-0.1, -0.05) is 76.6 Å². The molecule has 0 aliphatic rings. The molecular weight excluding hydrogens is 650 g/mol. The number of hydrogen-bond donors (Lipinski definition) is 6. The highest BCUT2D eigenvalue weighted by Crippen LogP contribution is 2.22. The van der Waals surface area contributed by atoms with Gasteiger partial charge in [0.05, 0.1) is 31.2 Å². The van der Waals surface area contributed by atoms with E-state index in [2.05, 4.69) is 16.0 Å². The van der Waals surface area contributed by atoms with Gasteiger partial charge in [-0.2, -0.15) is 0 Å². The van der Waals surface area contributed by atoms with Crippen molar-refractivity contribution in [2.75, 3.05) is 20.2 Å². The van der Waals surface area contributed by atoms with Crippen LogP contribution in [0.15, 0.2) is 42.5 Å². The molecule has 0 bridgehead atoms. The Labute approximate surface area is 304 Å². The Balaban J connectivity index is 2.34. The van der Waals surface area contributed by atoms with Crippen LogP contribution >= 0.6 is 0 Å². The van der Waals surface area contributed by atoms with Crippen LogP contribution in [0.25, 0.3) is 10.8 Å². The molecule has 0 saturated carbocycles. The standard InChI is InChI=1S/C39H63N5O7/c1-25(2)20-31(34(46)23-35(47)41-29(24-45)17-11-12-19-40)42-36(48)33(21-26(3)4)44(8)37(49)32(43-38(50)51-39(5,6)7)22-28-16-13-15-27-14-9-10-18-30(27)28/h9-10,13-16,18,25-26,29,31-34,45-46H,11-12,17,19-24,40H2,1-8H3,(H,41,47)(H,42,48)(H,43,50)/t29-,31-,32-,33-,34-/m0/s1. The Morgan fingerprint density at radius 1 is 0.902 bits per heavy atom. The third kappa shape index (κ3) is 15.2. The zero-order valence-corrected chi connectivity index (χ0v) is 31.9. The zero-order valence-electron chi connectivity index (χ0n) is 31.9. The Morgan fingerprint density at radius 3 is 2.16 bits per heavy atom. The minimum atomic E-state index is -1.21. The third-order valence-corrected chi connectivity index (χ3v) is 8.61. The number of amides is 4. The van der Waals surface area contributed by atoms with Crippen molar-refractivity contribution in [1.29, 1.82) is 0 Å². The maximum atomic E-state index is 14.3. The van der Waals surface area contributed by atoms with Crippen molar-refractivity contribution in [3.63, 3.8) is 0 Å². The molecule has 12 nitrogen and oxygen atoms in total. The molecule has 2 aromatic rings. The van der Waals surface area contributed by atoms with Crippen molar-refractivity contribution < 1.29 is 34.1 Å². The highest BCUT2D eigenvalue weighted by Gasteiger charge is 2.36. The molecule has 2 rings (SSSR count). The molecule has 0 aliphatic heterocycles. The van der Waals surface area contributed by atoms with E-state index in [1.165, 1.54) is 4.90 Å². The lowest BCUT2D eigenvalue weighted by atomic mass is 9.94. The van der Waals surface area contributed by atoms with Crippen molar-refractivity contribution in [3.05, 3.63) is 48.0 Å². The second kappa shape index (κ2) is 20.9. The summed E-state index contributed by atoms with van der Waals surface area (Å²) < 4.78 is 5.52. The van der Waals surface area contributed by atoms with E-state index in [-0.39, 0.29) is 31.3 Å². The average molecular weight is 714 g/mol. The molecule has 0 fully saturated rings. The summed E-state index contributed by atoms with van der Waals surface area (Å²) in [5.74, 6) is -1.30. The van der Waals surface area contributed by atoms with E-state index < -0.39 is 59.7 Å². The maximum Gasteiger partial charge on any atom is 0.408 e. The number of likely N-dealkylation sites (N-methyl/N-ethyl adjacent to an activating group) is 1.